The van der Waals surface area contributed by atoms with Crippen LogP contribution < -0.4 is 0 Å². The zero-order chi connectivity index (χ0) is 24.6. The first kappa shape index (κ1) is 25.2. The van der Waals surface area contributed by atoms with E-state index in [2.05, 4.69) is 69.9 Å². The summed E-state index contributed by atoms with van der Waals surface area (Å²) < 4.78 is 0. The van der Waals surface area contributed by atoms with Crippen molar-refractivity contribution in [3.05, 3.63) is 47.1 Å². The van der Waals surface area contributed by atoms with Gasteiger partial charge in [0.25, 0.3) is 0 Å². The van der Waals surface area contributed by atoms with Crippen LogP contribution in [0.3, 0.4) is 0 Å². The SMILES string of the molecule is CC#CC1=CC(CC(=CC)C2CC[C@H]3[C@@H]4CC[C@@H]5CC(CCCC)CCC5(C)C4=CC[C@]23C)C=C1. The van der Waals surface area contributed by atoms with Gasteiger partial charge in [0.2, 0.25) is 0 Å². The Hall–Kier alpha value is -1.48. The zero-order valence-corrected chi connectivity index (χ0v) is 23.3. The maximum Gasteiger partial charge on any atom is 0.0208 e. The summed E-state index contributed by atoms with van der Waals surface area (Å²) in [6.07, 6.45) is 29.4. The number of unbranched alkanes of at least 4 members (excludes halogenated alkanes) is 1. The molecule has 190 valence electrons. The van der Waals surface area contributed by atoms with Crippen LogP contribution in [0, 0.1) is 58.2 Å². The van der Waals surface area contributed by atoms with Crippen molar-refractivity contribution < 1.29 is 0 Å². The fourth-order valence-electron chi connectivity index (χ4n) is 9.64. The standard InChI is InChI=1S/C35H50/c1-6-9-11-26-18-20-34(4)29(24-26)14-15-30-32-17-16-31(35(32,5)21-19-33(30)34)28(8-3)23-27-13-12-25(22-27)10-7-2/h8,12-13,19,22,26-27,29-32H,6,9,11,14-18,20-21,23-24H2,1-5H3/t26?,27?,29-,30+,31?,32+,34?,35-/m1/s1. The van der Waals surface area contributed by atoms with E-state index in [0.29, 0.717) is 16.7 Å². The molecule has 0 radical (unpaired) electrons. The summed E-state index contributed by atoms with van der Waals surface area (Å²) in [6, 6.07) is 0. The van der Waals surface area contributed by atoms with Crippen molar-refractivity contribution in [1.29, 1.82) is 0 Å². The van der Waals surface area contributed by atoms with Crippen molar-refractivity contribution in [2.75, 3.05) is 0 Å². The Morgan fingerprint density at radius 2 is 2.00 bits per heavy atom. The molecule has 0 bridgehead atoms. The molecular formula is C35H50. The molecule has 0 spiro atoms. The molecule has 4 unspecified atom stereocenters. The third-order valence-corrected chi connectivity index (χ3v) is 11.6. The lowest BCUT2D eigenvalue weighted by Crippen LogP contribution is -2.48. The summed E-state index contributed by atoms with van der Waals surface area (Å²) in [5.41, 5.74) is 5.82. The van der Waals surface area contributed by atoms with E-state index in [-0.39, 0.29) is 0 Å². The smallest absolute Gasteiger partial charge is 0.0208 e. The molecule has 3 fully saturated rings. The average Bonchev–Trinajstić information content (AvgIpc) is 3.44. The van der Waals surface area contributed by atoms with Gasteiger partial charge in [-0.15, -0.1) is 5.92 Å². The molecule has 5 aliphatic carbocycles. The van der Waals surface area contributed by atoms with Gasteiger partial charge in [-0.05, 0) is 112 Å². The summed E-state index contributed by atoms with van der Waals surface area (Å²) >= 11 is 0. The zero-order valence-electron chi connectivity index (χ0n) is 23.3. The molecule has 0 aromatic carbocycles. The van der Waals surface area contributed by atoms with Gasteiger partial charge in [0.1, 0.15) is 0 Å². The van der Waals surface area contributed by atoms with E-state index < -0.39 is 0 Å². The van der Waals surface area contributed by atoms with Crippen LogP contribution in [-0.4, -0.2) is 0 Å². The van der Waals surface area contributed by atoms with E-state index in [1.165, 1.54) is 82.6 Å². The predicted octanol–water partition coefficient (Wildman–Crippen LogP) is 9.84. The fourth-order valence-corrected chi connectivity index (χ4v) is 9.64. The van der Waals surface area contributed by atoms with Gasteiger partial charge >= 0.3 is 0 Å². The number of allylic oxidation sites excluding steroid dienone is 8. The summed E-state index contributed by atoms with van der Waals surface area (Å²) in [5, 5.41) is 0. The van der Waals surface area contributed by atoms with Gasteiger partial charge in [0, 0.05) is 11.5 Å². The normalized spacial score (nSPS) is 42.4. The maximum atomic E-state index is 3.26. The Balaban J connectivity index is 1.33. The molecule has 0 saturated heterocycles. The lowest BCUT2D eigenvalue weighted by Gasteiger charge is -2.57. The van der Waals surface area contributed by atoms with Crippen molar-refractivity contribution >= 4 is 0 Å². The first-order valence-corrected chi connectivity index (χ1v) is 15.1. The summed E-state index contributed by atoms with van der Waals surface area (Å²) in [6.45, 7) is 12.0. The van der Waals surface area contributed by atoms with Gasteiger partial charge in [0.15, 0.2) is 0 Å². The van der Waals surface area contributed by atoms with E-state index in [1.54, 1.807) is 5.57 Å². The Kier molecular flexibility index (Phi) is 7.28. The highest BCUT2D eigenvalue weighted by Crippen LogP contribution is 2.67. The molecule has 5 rings (SSSR count). The van der Waals surface area contributed by atoms with Crippen LogP contribution in [0.15, 0.2) is 47.1 Å². The molecule has 0 nitrogen and oxygen atoms in total. The van der Waals surface area contributed by atoms with E-state index in [0.717, 1.165) is 29.6 Å². The van der Waals surface area contributed by atoms with Crippen molar-refractivity contribution in [2.45, 2.75) is 112 Å². The highest BCUT2D eigenvalue weighted by Gasteiger charge is 2.57. The van der Waals surface area contributed by atoms with Crippen LogP contribution in [0.25, 0.3) is 0 Å². The Morgan fingerprint density at radius 3 is 2.77 bits per heavy atom. The average molecular weight is 471 g/mol. The van der Waals surface area contributed by atoms with Gasteiger partial charge in [-0.3, -0.25) is 0 Å². The minimum atomic E-state index is 0.454. The summed E-state index contributed by atoms with van der Waals surface area (Å²) in [4.78, 5) is 0. The van der Waals surface area contributed by atoms with Crippen LogP contribution >= 0.6 is 0 Å². The van der Waals surface area contributed by atoms with E-state index in [9.17, 15) is 0 Å². The Morgan fingerprint density at radius 1 is 1.14 bits per heavy atom. The van der Waals surface area contributed by atoms with Crippen molar-refractivity contribution in [1.82, 2.24) is 0 Å². The monoisotopic (exact) mass is 470 g/mol. The molecule has 0 heteroatoms. The van der Waals surface area contributed by atoms with Crippen LogP contribution in [0.5, 0.6) is 0 Å². The fraction of sp³-hybridized carbons (Fsp3) is 0.714. The number of fused-ring (bicyclic) bond motifs is 5. The van der Waals surface area contributed by atoms with Crippen molar-refractivity contribution in [3.8, 4) is 11.8 Å². The first-order chi connectivity index (χ1) is 16.9. The van der Waals surface area contributed by atoms with Crippen LogP contribution in [0.4, 0.5) is 0 Å². The largest absolute Gasteiger partial charge is 0.101 e. The lowest BCUT2D eigenvalue weighted by atomic mass is 9.47. The molecule has 35 heavy (non-hydrogen) atoms. The third kappa shape index (κ3) is 4.45. The van der Waals surface area contributed by atoms with E-state index >= 15 is 0 Å². The molecule has 0 N–H and O–H groups in total. The highest BCUT2D eigenvalue weighted by molar-refractivity contribution is 5.44. The van der Waals surface area contributed by atoms with Crippen molar-refractivity contribution in [3.63, 3.8) is 0 Å². The minimum Gasteiger partial charge on any atom is -0.101 e. The second-order valence-electron chi connectivity index (χ2n) is 13.3. The predicted molar refractivity (Wildman–Crippen MR) is 151 cm³/mol. The summed E-state index contributed by atoms with van der Waals surface area (Å²) in [7, 11) is 0. The number of hydrogen-bond acceptors (Lipinski definition) is 0. The Bertz CT molecular complexity index is 975. The molecule has 0 heterocycles. The molecular weight excluding hydrogens is 420 g/mol. The van der Waals surface area contributed by atoms with Gasteiger partial charge in [0.05, 0.1) is 0 Å². The molecule has 0 amide bonds. The van der Waals surface area contributed by atoms with Crippen molar-refractivity contribution in [2.24, 2.45) is 46.3 Å². The highest BCUT2D eigenvalue weighted by atomic mass is 14.6. The van der Waals surface area contributed by atoms with E-state index in [4.69, 9.17) is 0 Å². The van der Waals surface area contributed by atoms with Crippen LogP contribution in [-0.2, 0) is 0 Å². The molecule has 0 aromatic heterocycles. The van der Waals surface area contributed by atoms with Gasteiger partial charge in [-0.2, -0.15) is 0 Å². The molecule has 5 aliphatic rings. The topological polar surface area (TPSA) is 0 Å². The first-order valence-electron chi connectivity index (χ1n) is 15.1. The molecule has 0 aliphatic heterocycles. The Labute approximate surface area is 216 Å². The lowest BCUT2D eigenvalue weighted by molar-refractivity contribution is 0.0181. The minimum absolute atomic E-state index is 0.454. The molecule has 8 atom stereocenters. The van der Waals surface area contributed by atoms with Crippen LogP contribution in [0.2, 0.25) is 0 Å². The third-order valence-electron chi connectivity index (χ3n) is 11.6. The molecule has 3 saturated carbocycles. The van der Waals surface area contributed by atoms with Crippen LogP contribution in [0.1, 0.15) is 112 Å². The number of hydrogen-bond donors (Lipinski definition) is 0. The van der Waals surface area contributed by atoms with Gasteiger partial charge in [-0.25, -0.2) is 0 Å². The quantitative estimate of drug-likeness (QED) is 0.267. The van der Waals surface area contributed by atoms with Gasteiger partial charge in [-0.1, -0.05) is 87.5 Å². The second-order valence-corrected chi connectivity index (χ2v) is 13.3. The van der Waals surface area contributed by atoms with Gasteiger partial charge < -0.3 is 0 Å². The van der Waals surface area contributed by atoms with E-state index in [1.807, 2.05) is 12.5 Å². The second kappa shape index (κ2) is 10.1. The molecule has 0 aromatic rings. The summed E-state index contributed by atoms with van der Waals surface area (Å²) in [5.74, 6) is 11.3. The number of rotatable bonds is 6. The maximum absolute atomic E-state index is 3.26.